The van der Waals surface area contributed by atoms with Crippen molar-refractivity contribution in [3.63, 3.8) is 0 Å². The summed E-state index contributed by atoms with van der Waals surface area (Å²) in [5.74, 6) is -0.576. The van der Waals surface area contributed by atoms with Crippen LogP contribution in [-0.2, 0) is 24.1 Å². The average Bonchev–Trinajstić information content (AvgIpc) is 3.11. The Morgan fingerprint density at radius 2 is 1.89 bits per heavy atom. The summed E-state index contributed by atoms with van der Waals surface area (Å²) >= 11 is 1.36. The van der Waals surface area contributed by atoms with Gasteiger partial charge in [-0.1, -0.05) is 30.3 Å². The highest BCUT2D eigenvalue weighted by Crippen LogP contribution is 2.26. The van der Waals surface area contributed by atoms with Crippen molar-refractivity contribution in [2.75, 3.05) is 0 Å². The van der Waals surface area contributed by atoms with Crippen molar-refractivity contribution in [2.45, 2.75) is 19.3 Å². The van der Waals surface area contributed by atoms with Gasteiger partial charge in [0.2, 0.25) is 5.91 Å². The van der Waals surface area contributed by atoms with Crippen molar-refractivity contribution in [1.29, 1.82) is 0 Å². The Kier molecular flexibility index (Phi) is 5.41. The van der Waals surface area contributed by atoms with Gasteiger partial charge in [-0.3, -0.25) is 9.59 Å². The molecule has 27 heavy (non-hydrogen) atoms. The maximum Gasteiger partial charge on any atom is 0.421 e. The second-order valence-corrected chi connectivity index (χ2v) is 6.56. The van der Waals surface area contributed by atoms with Crippen LogP contribution in [0, 0.1) is 0 Å². The summed E-state index contributed by atoms with van der Waals surface area (Å²) in [6.45, 7) is -0.371. The third-order valence-electron chi connectivity index (χ3n) is 3.70. The molecule has 140 valence electrons. The zero-order chi connectivity index (χ0) is 19.4. The predicted molar refractivity (Wildman–Crippen MR) is 95.1 cm³/mol. The highest BCUT2D eigenvalue weighted by Gasteiger charge is 2.34. The molecule has 9 heteroatoms. The summed E-state index contributed by atoms with van der Waals surface area (Å²) in [6.07, 6.45) is -3.61. The molecule has 0 aliphatic heterocycles. The number of aromatic nitrogens is 2. The van der Waals surface area contributed by atoms with Crippen LogP contribution in [0.25, 0.3) is 11.3 Å². The molecular formula is C18H14F3N3O2S. The molecular weight excluding hydrogens is 379 g/mol. The van der Waals surface area contributed by atoms with Crippen LogP contribution in [0.4, 0.5) is 13.2 Å². The fraction of sp³-hybridized carbons (Fsp3) is 0.167. The molecule has 0 bridgehead atoms. The minimum Gasteiger partial charge on any atom is -0.348 e. The van der Waals surface area contributed by atoms with E-state index in [1.54, 1.807) is 0 Å². The predicted octanol–water partition coefficient (Wildman–Crippen LogP) is 3.31. The number of nitrogens with one attached hydrogen (secondary N) is 1. The summed E-state index contributed by atoms with van der Waals surface area (Å²) < 4.78 is 39.0. The van der Waals surface area contributed by atoms with Crippen LogP contribution in [0.2, 0.25) is 0 Å². The quantitative estimate of drug-likeness (QED) is 0.723. The number of carbonyl (C=O) groups excluding carboxylic acids is 1. The summed E-state index contributed by atoms with van der Waals surface area (Å²) in [7, 11) is 0. The number of nitrogens with zero attached hydrogens (tertiary/aromatic N) is 2. The Labute approximate surface area is 156 Å². The Morgan fingerprint density at radius 1 is 1.15 bits per heavy atom. The van der Waals surface area contributed by atoms with Gasteiger partial charge in [0.25, 0.3) is 5.56 Å². The highest BCUT2D eigenvalue weighted by molar-refractivity contribution is 7.09. The molecule has 2 heterocycles. The Bertz CT molecular complexity index is 997. The molecule has 2 aromatic heterocycles. The van der Waals surface area contributed by atoms with Crippen LogP contribution in [-0.4, -0.2) is 15.5 Å². The van der Waals surface area contributed by atoms with Crippen molar-refractivity contribution in [2.24, 2.45) is 0 Å². The molecule has 0 atom stereocenters. The molecule has 0 aliphatic rings. The first-order chi connectivity index (χ1) is 12.8. The van der Waals surface area contributed by atoms with Crippen LogP contribution in [0.3, 0.4) is 0 Å². The lowest BCUT2D eigenvalue weighted by atomic mass is 10.2. The van der Waals surface area contributed by atoms with E-state index in [1.165, 1.54) is 11.3 Å². The van der Waals surface area contributed by atoms with E-state index in [-0.39, 0.29) is 6.54 Å². The average molecular weight is 393 g/mol. The van der Waals surface area contributed by atoms with Gasteiger partial charge in [-0.05, 0) is 12.1 Å². The number of alkyl halides is 3. The van der Waals surface area contributed by atoms with Crippen LogP contribution in [0.1, 0.15) is 10.6 Å². The zero-order valence-corrected chi connectivity index (χ0v) is 14.7. The second-order valence-electron chi connectivity index (χ2n) is 5.62. The SMILES string of the molecule is O=C(Cn1cccc(C(F)(F)F)c1=O)NCc1nc(-c2ccccc2)cs1. The smallest absolute Gasteiger partial charge is 0.348 e. The Morgan fingerprint density at radius 3 is 2.59 bits per heavy atom. The summed E-state index contributed by atoms with van der Waals surface area (Å²) in [6, 6.07) is 11.3. The Balaban J connectivity index is 1.63. The number of thiazole rings is 1. The molecule has 0 fully saturated rings. The molecule has 0 unspecified atom stereocenters. The van der Waals surface area contributed by atoms with Gasteiger partial charge in [-0.15, -0.1) is 11.3 Å². The molecule has 0 aliphatic carbocycles. The van der Waals surface area contributed by atoms with Gasteiger partial charge in [0.15, 0.2) is 0 Å². The molecule has 1 aromatic carbocycles. The van der Waals surface area contributed by atoms with Crippen molar-refractivity contribution in [1.82, 2.24) is 14.9 Å². The standard InChI is InChI=1S/C18H14F3N3O2S/c19-18(20,21)13-7-4-8-24(17(13)26)10-15(25)22-9-16-23-14(11-27-16)12-5-2-1-3-6-12/h1-8,11H,9-10H2,(H,22,25). The second kappa shape index (κ2) is 7.75. The van der Waals surface area contributed by atoms with Gasteiger partial charge in [0, 0.05) is 17.1 Å². The first-order valence-corrected chi connectivity index (χ1v) is 8.76. The summed E-state index contributed by atoms with van der Waals surface area (Å²) in [4.78, 5) is 28.2. The molecule has 1 N–H and O–H groups in total. The van der Waals surface area contributed by atoms with E-state index in [9.17, 15) is 22.8 Å². The number of hydrogen-bond acceptors (Lipinski definition) is 4. The van der Waals surface area contributed by atoms with Gasteiger partial charge in [-0.2, -0.15) is 13.2 Å². The van der Waals surface area contributed by atoms with E-state index in [4.69, 9.17) is 0 Å². The van der Waals surface area contributed by atoms with Crippen molar-refractivity contribution < 1.29 is 18.0 Å². The fourth-order valence-electron chi connectivity index (χ4n) is 2.40. The number of carbonyl (C=O) groups is 1. The van der Waals surface area contributed by atoms with E-state index in [2.05, 4.69) is 10.3 Å². The summed E-state index contributed by atoms with van der Waals surface area (Å²) in [5.41, 5.74) is -0.827. The van der Waals surface area contributed by atoms with Gasteiger partial charge in [0.05, 0.1) is 12.2 Å². The van der Waals surface area contributed by atoms with Gasteiger partial charge in [0.1, 0.15) is 17.1 Å². The van der Waals surface area contributed by atoms with Crippen LogP contribution in [0.15, 0.2) is 58.8 Å². The molecule has 5 nitrogen and oxygen atoms in total. The molecule has 1 amide bonds. The third-order valence-corrected chi connectivity index (χ3v) is 4.55. The molecule has 3 rings (SSSR count). The van der Waals surface area contributed by atoms with Gasteiger partial charge in [-0.25, -0.2) is 4.98 Å². The number of halogens is 3. The van der Waals surface area contributed by atoms with E-state index in [0.717, 1.165) is 28.1 Å². The lowest BCUT2D eigenvalue weighted by Crippen LogP contribution is -2.34. The van der Waals surface area contributed by atoms with Crippen LogP contribution < -0.4 is 10.9 Å². The number of benzene rings is 1. The van der Waals surface area contributed by atoms with E-state index >= 15 is 0 Å². The van der Waals surface area contributed by atoms with Crippen LogP contribution >= 0.6 is 11.3 Å². The normalized spacial score (nSPS) is 11.4. The highest BCUT2D eigenvalue weighted by atomic mass is 32.1. The zero-order valence-electron chi connectivity index (χ0n) is 13.9. The summed E-state index contributed by atoms with van der Waals surface area (Å²) in [5, 5.41) is 5.07. The van der Waals surface area contributed by atoms with Crippen molar-refractivity contribution in [3.05, 3.63) is 75.0 Å². The van der Waals surface area contributed by atoms with E-state index in [0.29, 0.717) is 11.1 Å². The largest absolute Gasteiger partial charge is 0.421 e. The minimum atomic E-state index is -4.76. The number of pyridine rings is 1. The minimum absolute atomic E-state index is 0.129. The van der Waals surface area contributed by atoms with E-state index < -0.39 is 29.8 Å². The number of rotatable bonds is 5. The Hall–Kier alpha value is -2.94. The van der Waals surface area contributed by atoms with E-state index in [1.807, 2.05) is 35.7 Å². The maximum absolute atomic E-state index is 12.8. The lowest BCUT2D eigenvalue weighted by Gasteiger charge is -2.10. The number of hydrogen-bond donors (Lipinski definition) is 1. The topological polar surface area (TPSA) is 64.0 Å². The monoisotopic (exact) mass is 393 g/mol. The first-order valence-electron chi connectivity index (χ1n) is 7.88. The lowest BCUT2D eigenvalue weighted by molar-refractivity contribution is -0.139. The van der Waals surface area contributed by atoms with Gasteiger partial charge >= 0.3 is 6.18 Å². The van der Waals surface area contributed by atoms with Crippen molar-refractivity contribution in [3.8, 4) is 11.3 Å². The molecule has 3 aromatic rings. The molecule has 0 spiro atoms. The fourth-order valence-corrected chi connectivity index (χ4v) is 3.14. The van der Waals surface area contributed by atoms with Crippen LogP contribution in [0.5, 0.6) is 0 Å². The molecule has 0 saturated heterocycles. The third kappa shape index (κ3) is 4.62. The number of amides is 1. The molecule has 0 saturated carbocycles. The van der Waals surface area contributed by atoms with Gasteiger partial charge < -0.3 is 9.88 Å². The first kappa shape index (κ1) is 18.8. The molecule has 0 radical (unpaired) electrons. The van der Waals surface area contributed by atoms with Crippen molar-refractivity contribution >= 4 is 17.2 Å². The maximum atomic E-state index is 12.8.